The van der Waals surface area contributed by atoms with Gasteiger partial charge in [-0.15, -0.1) is 0 Å². The number of likely N-dealkylation sites (N-methyl/N-ethyl adjacent to an activating group) is 1. The second-order valence-corrected chi connectivity index (χ2v) is 7.29. The number of hydrogen-bond acceptors (Lipinski definition) is 3. The van der Waals surface area contributed by atoms with E-state index in [1.807, 2.05) is 12.1 Å². The van der Waals surface area contributed by atoms with Crippen LogP contribution in [0.25, 0.3) is 0 Å². The Balaban J connectivity index is 1.73. The minimum Gasteiger partial charge on any atom is -0.368 e. The maximum Gasteiger partial charge on any atom is 0.257 e. The van der Waals surface area contributed by atoms with Gasteiger partial charge < -0.3 is 15.1 Å². The number of piperazine rings is 1. The molecular formula is C18H18Cl3N3O. The highest BCUT2D eigenvalue weighted by Gasteiger charge is 2.17. The van der Waals surface area contributed by atoms with Crippen molar-refractivity contribution in [2.45, 2.75) is 0 Å². The monoisotopic (exact) mass is 397 g/mol. The molecule has 0 spiro atoms. The van der Waals surface area contributed by atoms with E-state index in [0.717, 1.165) is 31.9 Å². The van der Waals surface area contributed by atoms with Gasteiger partial charge >= 0.3 is 0 Å². The molecule has 1 aliphatic rings. The molecular weight excluding hydrogens is 381 g/mol. The summed E-state index contributed by atoms with van der Waals surface area (Å²) in [5.74, 6) is -0.301. The number of benzene rings is 2. The summed E-state index contributed by atoms with van der Waals surface area (Å²) >= 11 is 18.4. The number of carbonyl (C=O) groups excluding carboxylic acids is 1. The van der Waals surface area contributed by atoms with Crippen LogP contribution in [-0.2, 0) is 0 Å². The van der Waals surface area contributed by atoms with E-state index < -0.39 is 0 Å². The average Bonchev–Trinajstić information content (AvgIpc) is 2.56. The van der Waals surface area contributed by atoms with Gasteiger partial charge in [-0.25, -0.2) is 0 Å². The van der Waals surface area contributed by atoms with Crippen LogP contribution in [-0.4, -0.2) is 44.0 Å². The summed E-state index contributed by atoms with van der Waals surface area (Å²) in [7, 11) is 2.11. The van der Waals surface area contributed by atoms with Gasteiger partial charge in [0.05, 0.1) is 21.3 Å². The molecule has 2 aromatic carbocycles. The van der Waals surface area contributed by atoms with Crippen molar-refractivity contribution in [3.8, 4) is 0 Å². The fourth-order valence-electron chi connectivity index (χ4n) is 2.76. The highest BCUT2D eigenvalue weighted by atomic mass is 35.5. The molecule has 25 heavy (non-hydrogen) atoms. The molecule has 2 aromatic rings. The highest BCUT2D eigenvalue weighted by Crippen LogP contribution is 2.30. The van der Waals surface area contributed by atoms with Crippen LogP contribution in [0.15, 0.2) is 36.4 Å². The first-order valence-corrected chi connectivity index (χ1v) is 9.07. The van der Waals surface area contributed by atoms with Crippen molar-refractivity contribution in [3.05, 3.63) is 57.0 Å². The maximum atomic E-state index is 12.4. The van der Waals surface area contributed by atoms with Crippen LogP contribution in [0.1, 0.15) is 10.4 Å². The first kappa shape index (κ1) is 18.3. The highest BCUT2D eigenvalue weighted by molar-refractivity contribution is 6.37. The average molecular weight is 399 g/mol. The van der Waals surface area contributed by atoms with Crippen molar-refractivity contribution in [3.63, 3.8) is 0 Å². The first-order valence-electron chi connectivity index (χ1n) is 7.93. The Hall–Kier alpha value is -1.46. The first-order chi connectivity index (χ1) is 11.9. The summed E-state index contributed by atoms with van der Waals surface area (Å²) in [6, 6.07) is 10.3. The second-order valence-electron chi connectivity index (χ2n) is 6.03. The number of rotatable bonds is 3. The largest absolute Gasteiger partial charge is 0.368 e. The molecule has 0 aliphatic carbocycles. The van der Waals surface area contributed by atoms with E-state index in [1.54, 1.807) is 24.3 Å². The Bertz CT molecular complexity index is 789. The quantitative estimate of drug-likeness (QED) is 0.817. The van der Waals surface area contributed by atoms with Crippen LogP contribution in [0, 0.1) is 0 Å². The fourth-order valence-corrected chi connectivity index (χ4v) is 3.55. The Kier molecular flexibility index (Phi) is 5.74. The van der Waals surface area contributed by atoms with Crippen molar-refractivity contribution in [2.24, 2.45) is 0 Å². The minimum absolute atomic E-state index is 0.301. The number of nitrogens with zero attached hydrogens (tertiary/aromatic N) is 2. The van der Waals surface area contributed by atoms with E-state index in [0.29, 0.717) is 26.3 Å². The third-order valence-corrected chi connectivity index (χ3v) is 5.08. The molecule has 0 aromatic heterocycles. The van der Waals surface area contributed by atoms with Crippen LogP contribution >= 0.6 is 34.8 Å². The number of hydrogen-bond donors (Lipinski definition) is 1. The molecule has 7 heteroatoms. The molecule has 0 radical (unpaired) electrons. The van der Waals surface area contributed by atoms with Crippen molar-refractivity contribution in [1.29, 1.82) is 0 Å². The summed E-state index contributed by atoms with van der Waals surface area (Å²) < 4.78 is 0. The lowest BCUT2D eigenvalue weighted by atomic mass is 10.2. The third-order valence-electron chi connectivity index (χ3n) is 4.23. The lowest BCUT2D eigenvalue weighted by molar-refractivity contribution is 0.102. The minimum atomic E-state index is -0.301. The predicted molar refractivity (Wildman–Crippen MR) is 106 cm³/mol. The molecule has 0 atom stereocenters. The molecule has 0 saturated carbocycles. The van der Waals surface area contributed by atoms with Crippen LogP contribution < -0.4 is 10.2 Å². The molecule has 1 aliphatic heterocycles. The summed E-state index contributed by atoms with van der Waals surface area (Å²) in [6.45, 7) is 3.87. The van der Waals surface area contributed by atoms with Gasteiger partial charge in [-0.3, -0.25) is 4.79 Å². The van der Waals surface area contributed by atoms with E-state index in [-0.39, 0.29) is 5.91 Å². The zero-order chi connectivity index (χ0) is 18.0. The van der Waals surface area contributed by atoms with Gasteiger partial charge in [-0.05, 0) is 43.4 Å². The van der Waals surface area contributed by atoms with Gasteiger partial charge in [-0.2, -0.15) is 0 Å². The van der Waals surface area contributed by atoms with E-state index in [1.165, 1.54) is 0 Å². The molecule has 0 bridgehead atoms. The zero-order valence-electron chi connectivity index (χ0n) is 13.7. The molecule has 1 heterocycles. The predicted octanol–water partition coefficient (Wildman–Crippen LogP) is 4.65. The fraction of sp³-hybridized carbons (Fsp3) is 0.278. The van der Waals surface area contributed by atoms with Gasteiger partial charge in [-0.1, -0.05) is 34.8 Å². The molecule has 1 saturated heterocycles. The van der Waals surface area contributed by atoms with Crippen LogP contribution in [0.3, 0.4) is 0 Å². The topological polar surface area (TPSA) is 35.6 Å². The van der Waals surface area contributed by atoms with E-state index in [4.69, 9.17) is 34.8 Å². The number of carbonyl (C=O) groups is 1. The van der Waals surface area contributed by atoms with E-state index in [9.17, 15) is 4.79 Å². The normalized spacial score (nSPS) is 15.3. The van der Waals surface area contributed by atoms with Gasteiger partial charge in [0.2, 0.25) is 0 Å². The number of amides is 1. The zero-order valence-corrected chi connectivity index (χ0v) is 16.0. The SMILES string of the molecule is CN1CCN(c2ccc(NC(=O)c3ccc(Cl)cc3Cl)cc2Cl)CC1. The van der Waals surface area contributed by atoms with Gasteiger partial charge in [0.15, 0.2) is 0 Å². The Morgan fingerprint density at radius 1 is 0.960 bits per heavy atom. The van der Waals surface area contributed by atoms with Crippen LogP contribution in [0.4, 0.5) is 11.4 Å². The van der Waals surface area contributed by atoms with Gasteiger partial charge in [0, 0.05) is 36.9 Å². The summed E-state index contributed by atoms with van der Waals surface area (Å²) in [6.07, 6.45) is 0. The Morgan fingerprint density at radius 2 is 1.68 bits per heavy atom. The van der Waals surface area contributed by atoms with Crippen molar-refractivity contribution >= 4 is 52.1 Å². The molecule has 1 fully saturated rings. The molecule has 1 N–H and O–H groups in total. The lowest BCUT2D eigenvalue weighted by Gasteiger charge is -2.34. The van der Waals surface area contributed by atoms with Crippen LogP contribution in [0.2, 0.25) is 15.1 Å². The third kappa shape index (κ3) is 4.39. The van der Waals surface area contributed by atoms with Crippen molar-refractivity contribution < 1.29 is 4.79 Å². The van der Waals surface area contributed by atoms with Crippen molar-refractivity contribution in [1.82, 2.24) is 4.90 Å². The van der Waals surface area contributed by atoms with Gasteiger partial charge in [0.25, 0.3) is 5.91 Å². The molecule has 3 rings (SSSR count). The lowest BCUT2D eigenvalue weighted by Crippen LogP contribution is -2.44. The molecule has 132 valence electrons. The summed E-state index contributed by atoms with van der Waals surface area (Å²) in [5.41, 5.74) is 1.97. The summed E-state index contributed by atoms with van der Waals surface area (Å²) in [4.78, 5) is 16.9. The maximum absolute atomic E-state index is 12.4. The number of nitrogens with one attached hydrogen (secondary N) is 1. The van der Waals surface area contributed by atoms with E-state index >= 15 is 0 Å². The van der Waals surface area contributed by atoms with Gasteiger partial charge in [0.1, 0.15) is 0 Å². The summed E-state index contributed by atoms with van der Waals surface area (Å²) in [5, 5.41) is 4.23. The molecule has 1 amide bonds. The smallest absolute Gasteiger partial charge is 0.257 e. The number of halogens is 3. The second kappa shape index (κ2) is 7.83. The number of anilines is 2. The van der Waals surface area contributed by atoms with E-state index in [2.05, 4.69) is 22.2 Å². The van der Waals surface area contributed by atoms with Crippen molar-refractivity contribution in [2.75, 3.05) is 43.4 Å². The Labute approximate surface area is 162 Å². The Morgan fingerprint density at radius 3 is 2.32 bits per heavy atom. The standard InChI is InChI=1S/C18H18Cl3N3O/c1-23-6-8-24(9-7-23)17-5-3-13(11-16(17)21)22-18(25)14-4-2-12(19)10-15(14)20/h2-5,10-11H,6-9H2,1H3,(H,22,25). The van der Waals surface area contributed by atoms with Crippen LogP contribution in [0.5, 0.6) is 0 Å². The molecule has 0 unspecified atom stereocenters. The molecule has 4 nitrogen and oxygen atoms in total.